The molecule has 80 valence electrons. The highest BCUT2D eigenvalue weighted by atomic mass is 32.1. The van der Waals surface area contributed by atoms with Gasteiger partial charge in [0.25, 0.3) is 0 Å². The average Bonchev–Trinajstić information content (AvgIpc) is 2.88. The molecule has 15 heavy (non-hydrogen) atoms. The molecule has 3 nitrogen and oxygen atoms in total. The quantitative estimate of drug-likeness (QED) is 0.864. The topological polar surface area (TPSA) is 38.1 Å². The van der Waals surface area contributed by atoms with Gasteiger partial charge >= 0.3 is 0 Å². The highest BCUT2D eigenvalue weighted by molar-refractivity contribution is 7.11. The largest absolute Gasteiger partial charge is 0.469 e. The summed E-state index contributed by atoms with van der Waals surface area (Å²) in [4.78, 5) is 5.64. The Morgan fingerprint density at radius 3 is 3.13 bits per heavy atom. The van der Waals surface area contributed by atoms with Crippen molar-refractivity contribution in [3.63, 3.8) is 0 Å². The molecular formula is C11H14N2OS. The first kappa shape index (κ1) is 10.4. The fraction of sp³-hybridized carbons (Fsp3) is 0.364. The summed E-state index contributed by atoms with van der Waals surface area (Å²) in [6, 6.07) is 4.25. The van der Waals surface area contributed by atoms with Crippen LogP contribution in [0.2, 0.25) is 0 Å². The van der Waals surface area contributed by atoms with Gasteiger partial charge in [-0.1, -0.05) is 0 Å². The molecule has 0 aromatic carbocycles. The van der Waals surface area contributed by atoms with E-state index in [1.807, 2.05) is 25.4 Å². The fourth-order valence-electron chi connectivity index (χ4n) is 1.31. The Bertz CT molecular complexity index is 408. The molecule has 0 aliphatic heterocycles. The lowest BCUT2D eigenvalue weighted by Gasteiger charge is -2.04. The predicted molar refractivity (Wildman–Crippen MR) is 61.1 cm³/mol. The van der Waals surface area contributed by atoms with Crippen LogP contribution in [0.1, 0.15) is 28.6 Å². The predicted octanol–water partition coefficient (Wildman–Crippen LogP) is 2.61. The lowest BCUT2D eigenvalue weighted by atomic mass is 10.3. The second kappa shape index (κ2) is 4.59. The van der Waals surface area contributed by atoms with Crippen LogP contribution in [0.4, 0.5) is 0 Å². The van der Waals surface area contributed by atoms with Crippen LogP contribution in [-0.2, 0) is 6.42 Å². The van der Waals surface area contributed by atoms with Crippen LogP contribution in [0.3, 0.4) is 0 Å². The first-order chi connectivity index (χ1) is 7.29. The summed E-state index contributed by atoms with van der Waals surface area (Å²) in [6.07, 6.45) is 4.41. The van der Waals surface area contributed by atoms with E-state index in [0.29, 0.717) is 6.04 Å². The molecule has 2 heterocycles. The molecule has 2 aromatic rings. The summed E-state index contributed by atoms with van der Waals surface area (Å²) in [5.41, 5.74) is 0. The van der Waals surface area contributed by atoms with Gasteiger partial charge in [-0.25, -0.2) is 4.98 Å². The summed E-state index contributed by atoms with van der Waals surface area (Å²) in [7, 11) is 1.95. The molecule has 0 radical (unpaired) electrons. The van der Waals surface area contributed by atoms with Gasteiger partial charge in [-0.15, -0.1) is 11.3 Å². The van der Waals surface area contributed by atoms with Gasteiger partial charge in [0.1, 0.15) is 10.8 Å². The van der Waals surface area contributed by atoms with Gasteiger partial charge in [0, 0.05) is 17.1 Å². The van der Waals surface area contributed by atoms with Gasteiger partial charge in [-0.05, 0) is 26.1 Å². The maximum atomic E-state index is 5.28. The van der Waals surface area contributed by atoms with Crippen molar-refractivity contribution in [1.29, 1.82) is 0 Å². The molecule has 2 rings (SSSR count). The van der Waals surface area contributed by atoms with Gasteiger partial charge in [-0.3, -0.25) is 0 Å². The average molecular weight is 222 g/mol. The number of aromatic nitrogens is 1. The first-order valence-electron chi connectivity index (χ1n) is 4.94. The Balaban J connectivity index is 2.07. The summed E-state index contributed by atoms with van der Waals surface area (Å²) in [5.74, 6) is 0.966. The molecule has 0 amide bonds. The zero-order valence-electron chi connectivity index (χ0n) is 8.86. The Kier molecular flexibility index (Phi) is 3.18. The maximum Gasteiger partial charge on any atom is 0.110 e. The van der Waals surface area contributed by atoms with E-state index in [0.717, 1.165) is 17.2 Å². The molecule has 0 spiro atoms. The minimum Gasteiger partial charge on any atom is -0.469 e. The number of hydrogen-bond donors (Lipinski definition) is 1. The normalized spacial score (nSPS) is 12.9. The van der Waals surface area contributed by atoms with Crippen LogP contribution in [0.5, 0.6) is 0 Å². The first-order valence-corrected chi connectivity index (χ1v) is 5.75. The van der Waals surface area contributed by atoms with Gasteiger partial charge in [-0.2, -0.15) is 0 Å². The van der Waals surface area contributed by atoms with Crippen molar-refractivity contribution in [2.75, 3.05) is 7.05 Å². The number of thiazole rings is 1. The van der Waals surface area contributed by atoms with E-state index in [-0.39, 0.29) is 0 Å². The van der Waals surface area contributed by atoms with E-state index in [4.69, 9.17) is 4.42 Å². The molecule has 2 aromatic heterocycles. The van der Waals surface area contributed by atoms with E-state index in [1.165, 1.54) is 4.88 Å². The van der Waals surface area contributed by atoms with Crippen LogP contribution >= 0.6 is 11.3 Å². The van der Waals surface area contributed by atoms with Gasteiger partial charge in [0.15, 0.2) is 0 Å². The molecule has 0 saturated heterocycles. The number of nitrogens with zero attached hydrogens (tertiary/aromatic N) is 1. The molecular weight excluding hydrogens is 208 g/mol. The minimum absolute atomic E-state index is 0.368. The van der Waals surface area contributed by atoms with Gasteiger partial charge < -0.3 is 9.73 Å². The summed E-state index contributed by atoms with van der Waals surface area (Å²) >= 11 is 1.73. The summed E-state index contributed by atoms with van der Waals surface area (Å²) in [6.45, 7) is 2.13. The number of nitrogens with one attached hydrogen (secondary N) is 1. The van der Waals surface area contributed by atoms with Crippen molar-refractivity contribution in [2.45, 2.75) is 19.4 Å². The molecule has 4 heteroatoms. The van der Waals surface area contributed by atoms with Crippen molar-refractivity contribution in [3.8, 4) is 0 Å². The molecule has 0 bridgehead atoms. The maximum absolute atomic E-state index is 5.28. The Morgan fingerprint density at radius 1 is 1.60 bits per heavy atom. The van der Waals surface area contributed by atoms with E-state index in [1.54, 1.807) is 17.6 Å². The zero-order chi connectivity index (χ0) is 10.7. The highest BCUT2D eigenvalue weighted by Crippen LogP contribution is 2.22. The number of furan rings is 1. The fourth-order valence-corrected chi connectivity index (χ4v) is 2.30. The molecule has 0 fully saturated rings. The Morgan fingerprint density at radius 2 is 2.47 bits per heavy atom. The number of hydrogen-bond acceptors (Lipinski definition) is 4. The number of rotatable bonds is 4. The third kappa shape index (κ3) is 2.46. The van der Waals surface area contributed by atoms with Crippen molar-refractivity contribution in [3.05, 3.63) is 40.2 Å². The van der Waals surface area contributed by atoms with Crippen LogP contribution in [0.15, 0.2) is 29.0 Å². The SMILES string of the molecule is CNC(C)c1cnc(Cc2ccco2)s1. The lowest BCUT2D eigenvalue weighted by molar-refractivity contribution is 0.520. The summed E-state index contributed by atoms with van der Waals surface area (Å²) < 4.78 is 5.28. The van der Waals surface area contributed by atoms with E-state index >= 15 is 0 Å². The van der Waals surface area contributed by atoms with E-state index in [9.17, 15) is 0 Å². The standard InChI is InChI=1S/C11H14N2OS/c1-8(12-2)10-7-13-11(15-10)6-9-4-3-5-14-9/h3-5,7-8,12H,6H2,1-2H3. The second-order valence-corrected chi connectivity index (χ2v) is 4.57. The molecule has 0 saturated carbocycles. The monoisotopic (exact) mass is 222 g/mol. The van der Waals surface area contributed by atoms with Crippen molar-refractivity contribution < 1.29 is 4.42 Å². The van der Waals surface area contributed by atoms with Gasteiger partial charge in [0.2, 0.25) is 0 Å². The summed E-state index contributed by atoms with van der Waals surface area (Å²) in [5, 5.41) is 4.30. The molecule has 1 unspecified atom stereocenters. The highest BCUT2D eigenvalue weighted by Gasteiger charge is 2.08. The van der Waals surface area contributed by atoms with Crippen molar-refractivity contribution in [2.24, 2.45) is 0 Å². The third-order valence-electron chi connectivity index (χ3n) is 2.34. The van der Waals surface area contributed by atoms with Gasteiger partial charge in [0.05, 0.1) is 12.7 Å². The van der Waals surface area contributed by atoms with Crippen molar-refractivity contribution >= 4 is 11.3 Å². The molecule has 0 aliphatic rings. The Hall–Kier alpha value is -1.13. The van der Waals surface area contributed by atoms with E-state index in [2.05, 4.69) is 17.2 Å². The van der Waals surface area contributed by atoms with Crippen molar-refractivity contribution in [1.82, 2.24) is 10.3 Å². The van der Waals surface area contributed by atoms with Crippen LogP contribution in [-0.4, -0.2) is 12.0 Å². The van der Waals surface area contributed by atoms with Crippen LogP contribution in [0.25, 0.3) is 0 Å². The lowest BCUT2D eigenvalue weighted by Crippen LogP contribution is -2.10. The second-order valence-electron chi connectivity index (χ2n) is 3.42. The smallest absolute Gasteiger partial charge is 0.110 e. The van der Waals surface area contributed by atoms with Crippen LogP contribution < -0.4 is 5.32 Å². The zero-order valence-corrected chi connectivity index (χ0v) is 9.67. The van der Waals surface area contributed by atoms with Crippen LogP contribution in [0, 0.1) is 0 Å². The third-order valence-corrected chi connectivity index (χ3v) is 3.52. The molecule has 0 aliphatic carbocycles. The molecule has 1 atom stereocenters. The minimum atomic E-state index is 0.368. The Labute approximate surface area is 93.2 Å². The van der Waals surface area contributed by atoms with E-state index < -0.39 is 0 Å². The molecule has 1 N–H and O–H groups in total.